The van der Waals surface area contributed by atoms with E-state index in [4.69, 9.17) is 21.9 Å². The zero-order chi connectivity index (χ0) is 13.1. The first-order valence-electron chi connectivity index (χ1n) is 5.53. The zero-order valence-corrected chi connectivity index (χ0v) is 10.2. The summed E-state index contributed by atoms with van der Waals surface area (Å²) in [7, 11) is 1.63. The molecule has 18 heavy (non-hydrogen) atoms. The van der Waals surface area contributed by atoms with Crippen LogP contribution < -0.4 is 21.9 Å². The van der Waals surface area contributed by atoms with Crippen LogP contribution in [0.25, 0.3) is 0 Å². The third kappa shape index (κ3) is 2.29. The fourth-order valence-electron chi connectivity index (χ4n) is 1.73. The van der Waals surface area contributed by atoms with Crippen molar-refractivity contribution in [3.63, 3.8) is 0 Å². The van der Waals surface area contributed by atoms with E-state index in [0.717, 1.165) is 16.9 Å². The van der Waals surface area contributed by atoms with Crippen molar-refractivity contribution in [1.29, 1.82) is 0 Å². The highest BCUT2D eigenvalue weighted by Gasteiger charge is 2.09. The van der Waals surface area contributed by atoms with Gasteiger partial charge in [-0.3, -0.25) is 0 Å². The average Bonchev–Trinajstić information content (AvgIpc) is 2.40. The first kappa shape index (κ1) is 12.0. The Morgan fingerprint density at radius 2 is 1.78 bits per heavy atom. The molecule has 5 heteroatoms. The first-order chi connectivity index (χ1) is 8.61. The van der Waals surface area contributed by atoms with Crippen molar-refractivity contribution in [1.82, 2.24) is 4.98 Å². The first-order valence-corrected chi connectivity index (χ1v) is 5.53. The monoisotopic (exact) mass is 244 g/mol. The number of rotatable bonds is 3. The molecular formula is C13H16N4O. The topological polar surface area (TPSA) is 100 Å². The van der Waals surface area contributed by atoms with E-state index in [1.807, 2.05) is 24.3 Å². The molecule has 1 aromatic carbocycles. The van der Waals surface area contributed by atoms with Crippen molar-refractivity contribution in [2.24, 2.45) is 0 Å². The Morgan fingerprint density at radius 3 is 2.39 bits per heavy atom. The van der Waals surface area contributed by atoms with Gasteiger partial charge in [-0.2, -0.15) is 0 Å². The maximum absolute atomic E-state index is 5.92. The molecule has 6 N–H and O–H groups in total. The van der Waals surface area contributed by atoms with E-state index in [2.05, 4.69) is 4.98 Å². The van der Waals surface area contributed by atoms with Gasteiger partial charge in [-0.25, -0.2) is 4.98 Å². The van der Waals surface area contributed by atoms with Gasteiger partial charge < -0.3 is 21.9 Å². The van der Waals surface area contributed by atoms with E-state index in [1.165, 1.54) is 6.20 Å². The maximum atomic E-state index is 5.92. The van der Waals surface area contributed by atoms with Crippen molar-refractivity contribution < 1.29 is 4.74 Å². The third-order valence-electron chi connectivity index (χ3n) is 2.83. The minimum atomic E-state index is 0.414. The second-order valence-electron chi connectivity index (χ2n) is 4.02. The Morgan fingerprint density at radius 1 is 1.11 bits per heavy atom. The van der Waals surface area contributed by atoms with E-state index in [0.29, 0.717) is 23.6 Å². The van der Waals surface area contributed by atoms with Crippen LogP contribution in [-0.2, 0) is 6.42 Å². The largest absolute Gasteiger partial charge is 0.497 e. The van der Waals surface area contributed by atoms with Crippen LogP contribution in [0.3, 0.4) is 0 Å². The van der Waals surface area contributed by atoms with Crippen molar-refractivity contribution in [2.45, 2.75) is 6.42 Å². The molecule has 2 aromatic rings. The lowest BCUT2D eigenvalue weighted by molar-refractivity contribution is 0.414. The summed E-state index contributed by atoms with van der Waals surface area (Å²) in [5.41, 5.74) is 20.3. The Kier molecular flexibility index (Phi) is 3.23. The highest BCUT2D eigenvalue weighted by molar-refractivity contribution is 5.72. The van der Waals surface area contributed by atoms with Gasteiger partial charge in [0.2, 0.25) is 0 Å². The van der Waals surface area contributed by atoms with E-state index >= 15 is 0 Å². The van der Waals surface area contributed by atoms with Crippen LogP contribution in [0, 0.1) is 0 Å². The van der Waals surface area contributed by atoms with Crippen LogP contribution in [0.5, 0.6) is 5.75 Å². The van der Waals surface area contributed by atoms with Gasteiger partial charge in [-0.15, -0.1) is 0 Å². The molecule has 0 aliphatic carbocycles. The van der Waals surface area contributed by atoms with Gasteiger partial charge in [0, 0.05) is 12.0 Å². The van der Waals surface area contributed by atoms with Crippen LogP contribution >= 0.6 is 0 Å². The van der Waals surface area contributed by atoms with Crippen LogP contribution in [0.4, 0.5) is 17.2 Å². The van der Waals surface area contributed by atoms with Crippen molar-refractivity contribution >= 4 is 17.2 Å². The number of hydrogen-bond acceptors (Lipinski definition) is 5. The molecule has 0 radical (unpaired) electrons. The zero-order valence-electron chi connectivity index (χ0n) is 10.2. The molecule has 1 aromatic heterocycles. The molecule has 0 amide bonds. The number of benzene rings is 1. The molecular weight excluding hydrogens is 228 g/mol. The predicted molar refractivity (Wildman–Crippen MR) is 73.3 cm³/mol. The third-order valence-corrected chi connectivity index (χ3v) is 2.83. The van der Waals surface area contributed by atoms with Crippen molar-refractivity contribution in [2.75, 3.05) is 24.3 Å². The Hall–Kier alpha value is -2.43. The lowest BCUT2D eigenvalue weighted by Crippen LogP contribution is -2.06. The van der Waals surface area contributed by atoms with Gasteiger partial charge in [-0.05, 0) is 17.7 Å². The number of ether oxygens (including phenoxy) is 1. The van der Waals surface area contributed by atoms with Crippen molar-refractivity contribution in [3.8, 4) is 5.75 Å². The highest BCUT2D eigenvalue weighted by Crippen LogP contribution is 2.26. The number of nitrogen functional groups attached to an aromatic ring is 3. The van der Waals surface area contributed by atoms with Gasteiger partial charge in [-0.1, -0.05) is 12.1 Å². The SMILES string of the molecule is COc1ccc(Cc2c(N)ncc(N)c2N)cc1. The maximum Gasteiger partial charge on any atom is 0.129 e. The van der Waals surface area contributed by atoms with Crippen LogP contribution in [0.2, 0.25) is 0 Å². The van der Waals surface area contributed by atoms with Gasteiger partial charge in [0.25, 0.3) is 0 Å². The average molecular weight is 244 g/mol. The highest BCUT2D eigenvalue weighted by atomic mass is 16.5. The minimum Gasteiger partial charge on any atom is -0.497 e. The van der Waals surface area contributed by atoms with Crippen LogP contribution in [0.15, 0.2) is 30.5 Å². The summed E-state index contributed by atoms with van der Waals surface area (Å²) in [6.45, 7) is 0. The summed E-state index contributed by atoms with van der Waals surface area (Å²) >= 11 is 0. The summed E-state index contributed by atoms with van der Waals surface area (Å²) in [4.78, 5) is 4.02. The standard InChI is InChI=1S/C13H16N4O/c1-18-9-4-2-8(3-5-9)6-10-12(15)11(14)7-17-13(10)16/h2-5,7H,6,14H2,1H3,(H4,15,16,17). The summed E-state index contributed by atoms with van der Waals surface area (Å²) in [5, 5.41) is 0. The molecule has 0 saturated carbocycles. The van der Waals surface area contributed by atoms with Gasteiger partial charge in [0.15, 0.2) is 0 Å². The summed E-state index contributed by atoms with van der Waals surface area (Å²) in [5.74, 6) is 1.22. The van der Waals surface area contributed by atoms with E-state index < -0.39 is 0 Å². The van der Waals surface area contributed by atoms with E-state index in [-0.39, 0.29) is 0 Å². The van der Waals surface area contributed by atoms with Crippen molar-refractivity contribution in [3.05, 3.63) is 41.6 Å². The van der Waals surface area contributed by atoms with Gasteiger partial charge >= 0.3 is 0 Å². The lowest BCUT2D eigenvalue weighted by atomic mass is 10.0. The lowest BCUT2D eigenvalue weighted by Gasteiger charge is -2.10. The van der Waals surface area contributed by atoms with E-state index in [9.17, 15) is 0 Å². The van der Waals surface area contributed by atoms with Gasteiger partial charge in [0.05, 0.1) is 24.7 Å². The van der Waals surface area contributed by atoms with Crippen LogP contribution in [0.1, 0.15) is 11.1 Å². The Labute approximate surface area is 106 Å². The smallest absolute Gasteiger partial charge is 0.129 e. The normalized spacial score (nSPS) is 10.3. The number of nitrogens with two attached hydrogens (primary N) is 3. The molecule has 0 aliphatic heterocycles. The molecule has 0 unspecified atom stereocenters. The number of anilines is 3. The Balaban J connectivity index is 2.30. The molecule has 0 spiro atoms. The Bertz CT molecular complexity index is 552. The number of hydrogen-bond donors (Lipinski definition) is 3. The molecule has 2 rings (SSSR count). The number of pyridine rings is 1. The summed E-state index contributed by atoms with van der Waals surface area (Å²) in [6.07, 6.45) is 2.07. The summed E-state index contributed by atoms with van der Waals surface area (Å²) in [6, 6.07) is 7.70. The molecule has 5 nitrogen and oxygen atoms in total. The molecule has 0 atom stereocenters. The minimum absolute atomic E-state index is 0.414. The molecule has 94 valence electrons. The van der Waals surface area contributed by atoms with Crippen LogP contribution in [-0.4, -0.2) is 12.1 Å². The second-order valence-corrected chi connectivity index (χ2v) is 4.02. The molecule has 0 bridgehead atoms. The quantitative estimate of drug-likeness (QED) is 0.758. The van der Waals surface area contributed by atoms with Gasteiger partial charge in [0.1, 0.15) is 11.6 Å². The summed E-state index contributed by atoms with van der Waals surface area (Å²) < 4.78 is 5.10. The number of methoxy groups -OCH3 is 1. The molecule has 0 fully saturated rings. The molecule has 0 saturated heterocycles. The van der Waals surface area contributed by atoms with E-state index in [1.54, 1.807) is 7.11 Å². The fourth-order valence-corrected chi connectivity index (χ4v) is 1.73. The molecule has 1 heterocycles. The molecule has 0 aliphatic rings. The number of nitrogens with zero attached hydrogens (tertiary/aromatic N) is 1. The second kappa shape index (κ2) is 4.83. The predicted octanol–water partition coefficient (Wildman–Crippen LogP) is 1.43. The number of aromatic nitrogens is 1. The fraction of sp³-hybridized carbons (Fsp3) is 0.154.